The molecule has 18 heavy (non-hydrogen) atoms. The van der Waals surface area contributed by atoms with Gasteiger partial charge >= 0.3 is 0 Å². The molecule has 2 rings (SSSR count). The number of benzene rings is 1. The van der Waals surface area contributed by atoms with Crippen LogP contribution in [0.15, 0.2) is 30.3 Å². The lowest BCUT2D eigenvalue weighted by molar-refractivity contribution is 0.319. The van der Waals surface area contributed by atoms with E-state index in [1.807, 2.05) is 0 Å². The minimum Gasteiger partial charge on any atom is -0.324 e. The predicted molar refractivity (Wildman–Crippen MR) is 79.5 cm³/mol. The van der Waals surface area contributed by atoms with Crippen LogP contribution in [0, 0.1) is 5.41 Å². The third-order valence-electron chi connectivity index (χ3n) is 3.82. The van der Waals surface area contributed by atoms with Crippen LogP contribution < -0.4 is 5.73 Å². The van der Waals surface area contributed by atoms with Gasteiger partial charge in [-0.25, -0.2) is 0 Å². The highest BCUT2D eigenvalue weighted by Crippen LogP contribution is 2.39. The van der Waals surface area contributed by atoms with Gasteiger partial charge in [0, 0.05) is 6.04 Å². The summed E-state index contributed by atoms with van der Waals surface area (Å²) in [5.41, 5.74) is 10.6. The molecule has 0 fully saturated rings. The molecule has 1 heteroatoms. The molecule has 0 aromatic heterocycles. The van der Waals surface area contributed by atoms with Crippen LogP contribution in [0.1, 0.15) is 57.6 Å². The van der Waals surface area contributed by atoms with Gasteiger partial charge in [0.2, 0.25) is 0 Å². The molecule has 1 aliphatic carbocycles. The van der Waals surface area contributed by atoms with Crippen molar-refractivity contribution in [2.75, 3.05) is 0 Å². The highest BCUT2D eigenvalue weighted by atomic mass is 14.6. The Kier molecular flexibility index (Phi) is 3.63. The molecule has 1 nitrogen and oxygen atoms in total. The molecule has 1 aromatic rings. The average Bonchev–Trinajstić information content (AvgIpc) is 2.26. The Morgan fingerprint density at radius 2 is 1.78 bits per heavy atom. The van der Waals surface area contributed by atoms with Crippen LogP contribution in [0.25, 0.3) is 5.57 Å². The molecule has 2 N–H and O–H groups in total. The summed E-state index contributed by atoms with van der Waals surface area (Å²) in [5, 5.41) is 0. The Hall–Kier alpha value is -1.08. The van der Waals surface area contributed by atoms with Gasteiger partial charge in [-0.05, 0) is 40.9 Å². The number of nitrogens with two attached hydrogens (primary N) is 1. The van der Waals surface area contributed by atoms with Crippen molar-refractivity contribution in [2.45, 2.75) is 52.5 Å². The van der Waals surface area contributed by atoms with Crippen LogP contribution in [0.5, 0.6) is 0 Å². The summed E-state index contributed by atoms with van der Waals surface area (Å²) in [6.45, 7) is 9.08. The van der Waals surface area contributed by atoms with E-state index in [9.17, 15) is 0 Å². The largest absolute Gasteiger partial charge is 0.324 e. The van der Waals surface area contributed by atoms with Crippen molar-refractivity contribution in [2.24, 2.45) is 11.1 Å². The number of rotatable bonds is 2. The van der Waals surface area contributed by atoms with Gasteiger partial charge < -0.3 is 5.73 Å². The van der Waals surface area contributed by atoms with E-state index in [2.05, 4.69) is 58.0 Å². The first-order chi connectivity index (χ1) is 8.37. The molecular weight excluding hydrogens is 218 g/mol. The van der Waals surface area contributed by atoms with Gasteiger partial charge in [-0.3, -0.25) is 0 Å². The third-order valence-corrected chi connectivity index (χ3v) is 3.82. The molecular formula is C17H25N. The fourth-order valence-corrected chi connectivity index (χ4v) is 2.88. The van der Waals surface area contributed by atoms with Gasteiger partial charge in [-0.15, -0.1) is 0 Å². The van der Waals surface area contributed by atoms with E-state index in [0.29, 0.717) is 11.3 Å². The minimum absolute atomic E-state index is 0.202. The van der Waals surface area contributed by atoms with Gasteiger partial charge in [0.15, 0.2) is 0 Å². The van der Waals surface area contributed by atoms with Gasteiger partial charge in [0.25, 0.3) is 0 Å². The van der Waals surface area contributed by atoms with Crippen LogP contribution in [0.3, 0.4) is 0 Å². The minimum atomic E-state index is 0.202. The monoisotopic (exact) mass is 243 g/mol. The molecule has 0 saturated heterocycles. The van der Waals surface area contributed by atoms with Crippen LogP contribution >= 0.6 is 0 Å². The molecule has 0 saturated carbocycles. The SMILES string of the molecule is CC(C)c1ccc(C2=CC(N)CC(C)(C)C2)cc1. The summed E-state index contributed by atoms with van der Waals surface area (Å²) in [5.74, 6) is 0.595. The van der Waals surface area contributed by atoms with Crippen LogP contribution in [0.2, 0.25) is 0 Å². The first-order valence-corrected chi connectivity index (χ1v) is 6.94. The first-order valence-electron chi connectivity index (χ1n) is 6.94. The molecule has 98 valence electrons. The van der Waals surface area contributed by atoms with E-state index >= 15 is 0 Å². The molecule has 1 aliphatic rings. The van der Waals surface area contributed by atoms with Crippen molar-refractivity contribution >= 4 is 5.57 Å². The smallest absolute Gasteiger partial charge is 0.0234 e. The highest BCUT2D eigenvalue weighted by molar-refractivity contribution is 5.68. The topological polar surface area (TPSA) is 26.0 Å². The number of hydrogen-bond donors (Lipinski definition) is 1. The Bertz CT molecular complexity index is 437. The van der Waals surface area contributed by atoms with Crippen molar-refractivity contribution in [1.29, 1.82) is 0 Å². The standard InChI is InChI=1S/C17H25N/c1-12(2)13-5-7-14(8-6-13)15-9-16(18)11-17(3,4)10-15/h5-9,12,16H,10-11,18H2,1-4H3. The maximum atomic E-state index is 6.14. The number of allylic oxidation sites excluding steroid dienone is 1. The van der Waals surface area contributed by atoms with Crippen molar-refractivity contribution in [1.82, 2.24) is 0 Å². The summed E-state index contributed by atoms with van der Waals surface area (Å²) < 4.78 is 0. The normalized spacial score (nSPS) is 23.0. The molecule has 1 unspecified atom stereocenters. The highest BCUT2D eigenvalue weighted by Gasteiger charge is 2.27. The Labute approximate surface area is 111 Å². The van der Waals surface area contributed by atoms with Crippen molar-refractivity contribution in [3.63, 3.8) is 0 Å². The van der Waals surface area contributed by atoms with E-state index in [0.717, 1.165) is 12.8 Å². The molecule has 0 spiro atoms. The summed E-state index contributed by atoms with van der Waals surface area (Å²) in [6.07, 6.45) is 4.46. The Balaban J connectivity index is 2.26. The van der Waals surface area contributed by atoms with Crippen molar-refractivity contribution in [3.8, 4) is 0 Å². The van der Waals surface area contributed by atoms with Crippen LogP contribution in [-0.2, 0) is 0 Å². The number of hydrogen-bond acceptors (Lipinski definition) is 1. The molecule has 0 amide bonds. The Morgan fingerprint density at radius 3 is 2.28 bits per heavy atom. The summed E-state index contributed by atoms with van der Waals surface area (Å²) in [6, 6.07) is 9.18. The lowest BCUT2D eigenvalue weighted by Crippen LogP contribution is -2.30. The van der Waals surface area contributed by atoms with E-state index in [-0.39, 0.29) is 6.04 Å². The zero-order valence-electron chi connectivity index (χ0n) is 12.0. The molecule has 0 bridgehead atoms. The molecule has 0 radical (unpaired) electrons. The Morgan fingerprint density at radius 1 is 1.17 bits per heavy atom. The zero-order chi connectivity index (χ0) is 13.3. The lowest BCUT2D eigenvalue weighted by Gasteiger charge is -2.33. The second kappa shape index (κ2) is 4.89. The quantitative estimate of drug-likeness (QED) is 0.821. The summed E-state index contributed by atoms with van der Waals surface area (Å²) in [7, 11) is 0. The summed E-state index contributed by atoms with van der Waals surface area (Å²) >= 11 is 0. The summed E-state index contributed by atoms with van der Waals surface area (Å²) in [4.78, 5) is 0. The van der Waals surface area contributed by atoms with E-state index in [1.165, 1.54) is 16.7 Å². The molecule has 1 atom stereocenters. The van der Waals surface area contributed by atoms with Gasteiger partial charge in [-0.1, -0.05) is 58.0 Å². The van der Waals surface area contributed by atoms with Gasteiger partial charge in [0.05, 0.1) is 0 Å². The average molecular weight is 243 g/mol. The molecule has 1 aromatic carbocycles. The van der Waals surface area contributed by atoms with Crippen molar-refractivity contribution in [3.05, 3.63) is 41.5 Å². The van der Waals surface area contributed by atoms with Crippen LogP contribution in [0.4, 0.5) is 0 Å². The van der Waals surface area contributed by atoms with E-state index in [1.54, 1.807) is 0 Å². The van der Waals surface area contributed by atoms with Crippen molar-refractivity contribution < 1.29 is 0 Å². The van der Waals surface area contributed by atoms with Gasteiger partial charge in [-0.2, -0.15) is 0 Å². The predicted octanol–water partition coefficient (Wildman–Crippen LogP) is 4.34. The second-order valence-electron chi connectivity index (χ2n) is 6.68. The zero-order valence-corrected chi connectivity index (χ0v) is 12.0. The van der Waals surface area contributed by atoms with Crippen LogP contribution in [-0.4, -0.2) is 6.04 Å². The second-order valence-corrected chi connectivity index (χ2v) is 6.68. The fraction of sp³-hybridized carbons (Fsp3) is 0.529. The van der Waals surface area contributed by atoms with Gasteiger partial charge in [0.1, 0.15) is 0 Å². The maximum Gasteiger partial charge on any atom is 0.0234 e. The first kappa shape index (κ1) is 13.4. The van der Waals surface area contributed by atoms with E-state index in [4.69, 9.17) is 5.73 Å². The third kappa shape index (κ3) is 3.02. The molecule has 0 heterocycles. The maximum absolute atomic E-state index is 6.14. The van der Waals surface area contributed by atoms with E-state index < -0.39 is 0 Å². The fourth-order valence-electron chi connectivity index (χ4n) is 2.88. The lowest BCUT2D eigenvalue weighted by atomic mass is 9.74. The molecule has 0 aliphatic heterocycles.